The lowest BCUT2D eigenvalue weighted by Gasteiger charge is -2.18. The minimum atomic E-state index is 0.627. The highest BCUT2D eigenvalue weighted by Crippen LogP contribution is 2.40. The lowest BCUT2D eigenvalue weighted by atomic mass is 9.96. The molecule has 0 N–H and O–H groups in total. The van der Waals surface area contributed by atoms with Gasteiger partial charge in [0, 0.05) is 29.7 Å². The van der Waals surface area contributed by atoms with Crippen LogP contribution in [0.1, 0.15) is 43.2 Å². The molecule has 3 nitrogen and oxygen atoms in total. The number of hydrogen-bond acceptors (Lipinski definition) is 2. The van der Waals surface area contributed by atoms with Gasteiger partial charge in [-0.1, -0.05) is 0 Å². The van der Waals surface area contributed by atoms with Crippen LogP contribution >= 0.6 is 0 Å². The van der Waals surface area contributed by atoms with Crippen LogP contribution in [0.2, 0.25) is 0 Å². The molecule has 0 saturated heterocycles. The Morgan fingerprint density at radius 2 is 2.14 bits per heavy atom. The Labute approximate surface area is 126 Å². The summed E-state index contributed by atoms with van der Waals surface area (Å²) in [5.74, 6) is 0.627. The highest BCUT2D eigenvalue weighted by Gasteiger charge is 2.29. The Kier molecular flexibility index (Phi) is 3.73. The smallest absolute Gasteiger partial charge is 0.0991 e. The second-order valence-electron chi connectivity index (χ2n) is 6.34. The molecule has 0 amide bonds. The van der Waals surface area contributed by atoms with Gasteiger partial charge in [0.25, 0.3) is 0 Å². The molecule has 1 heterocycles. The Balaban J connectivity index is 2.04. The summed E-state index contributed by atoms with van der Waals surface area (Å²) in [5.41, 5.74) is 3.47. The van der Waals surface area contributed by atoms with E-state index in [0.29, 0.717) is 12.0 Å². The maximum absolute atomic E-state index is 9.17. The third-order valence-corrected chi connectivity index (χ3v) is 4.96. The quantitative estimate of drug-likeness (QED) is 0.858. The third kappa shape index (κ3) is 2.45. The second kappa shape index (κ2) is 5.54. The lowest BCUT2D eigenvalue weighted by molar-refractivity contribution is 0.297. The van der Waals surface area contributed by atoms with Gasteiger partial charge in [0.2, 0.25) is 0 Å². The molecule has 1 aromatic heterocycles. The van der Waals surface area contributed by atoms with Crippen molar-refractivity contribution < 1.29 is 0 Å². The van der Waals surface area contributed by atoms with Gasteiger partial charge in [0.05, 0.1) is 11.6 Å². The second-order valence-corrected chi connectivity index (χ2v) is 6.34. The van der Waals surface area contributed by atoms with Crippen molar-refractivity contribution in [2.24, 2.45) is 0 Å². The number of fused-ring (bicyclic) bond motifs is 1. The van der Waals surface area contributed by atoms with E-state index in [1.165, 1.54) is 35.7 Å². The Bertz CT molecular complexity index is 690. The molecule has 21 heavy (non-hydrogen) atoms. The van der Waals surface area contributed by atoms with Crippen LogP contribution in [-0.4, -0.2) is 29.6 Å². The molecule has 0 radical (unpaired) electrons. The van der Waals surface area contributed by atoms with Crippen molar-refractivity contribution in [3.05, 3.63) is 35.5 Å². The summed E-state index contributed by atoms with van der Waals surface area (Å²) in [6.07, 6.45) is 6.07. The number of aryl methyl sites for hydroxylation is 1. The summed E-state index contributed by atoms with van der Waals surface area (Å²) < 4.78 is 2.31. The molecule has 0 unspecified atom stereocenters. The molecule has 3 rings (SSSR count). The molecule has 0 spiro atoms. The van der Waals surface area contributed by atoms with E-state index in [9.17, 15) is 0 Å². The molecule has 1 aliphatic rings. The predicted molar refractivity (Wildman–Crippen MR) is 86.4 cm³/mol. The summed E-state index contributed by atoms with van der Waals surface area (Å²) in [5, 5.41) is 10.4. The van der Waals surface area contributed by atoms with Crippen molar-refractivity contribution in [2.45, 2.75) is 44.7 Å². The van der Waals surface area contributed by atoms with Gasteiger partial charge >= 0.3 is 0 Å². The van der Waals surface area contributed by atoms with Gasteiger partial charge in [0.15, 0.2) is 0 Å². The number of nitrogens with zero attached hydrogens (tertiary/aromatic N) is 3. The first-order valence-electron chi connectivity index (χ1n) is 7.83. The van der Waals surface area contributed by atoms with Crippen LogP contribution in [0.5, 0.6) is 0 Å². The minimum Gasteiger partial charge on any atom is -0.347 e. The van der Waals surface area contributed by atoms with E-state index in [2.05, 4.69) is 54.9 Å². The average Bonchev–Trinajstić information content (AvgIpc) is 3.10. The average molecular weight is 281 g/mol. The van der Waals surface area contributed by atoms with Crippen molar-refractivity contribution in [1.29, 1.82) is 5.26 Å². The first-order valence-corrected chi connectivity index (χ1v) is 7.83. The first-order chi connectivity index (χ1) is 10.1. The van der Waals surface area contributed by atoms with Crippen LogP contribution in [0.15, 0.2) is 24.4 Å². The molecule has 3 heteroatoms. The van der Waals surface area contributed by atoms with Gasteiger partial charge in [0.1, 0.15) is 0 Å². The van der Waals surface area contributed by atoms with Gasteiger partial charge < -0.3 is 9.47 Å². The van der Waals surface area contributed by atoms with E-state index in [0.717, 1.165) is 12.1 Å². The summed E-state index contributed by atoms with van der Waals surface area (Å²) in [4.78, 5) is 2.35. The van der Waals surface area contributed by atoms with E-state index < -0.39 is 0 Å². The summed E-state index contributed by atoms with van der Waals surface area (Å²) in [7, 11) is 4.35. The van der Waals surface area contributed by atoms with Gasteiger partial charge in [-0.15, -0.1) is 0 Å². The fourth-order valence-electron chi connectivity index (χ4n) is 3.69. The van der Waals surface area contributed by atoms with Crippen molar-refractivity contribution in [1.82, 2.24) is 9.47 Å². The molecule has 2 aromatic rings. The van der Waals surface area contributed by atoms with Crippen LogP contribution in [-0.2, 0) is 6.54 Å². The topological polar surface area (TPSA) is 32.0 Å². The van der Waals surface area contributed by atoms with Crippen LogP contribution in [0.25, 0.3) is 10.9 Å². The minimum absolute atomic E-state index is 0.627. The Hall–Kier alpha value is -1.79. The van der Waals surface area contributed by atoms with Crippen LogP contribution in [0.4, 0.5) is 0 Å². The molecule has 0 bridgehead atoms. The van der Waals surface area contributed by atoms with Gasteiger partial charge in [-0.25, -0.2) is 0 Å². The van der Waals surface area contributed by atoms with Crippen molar-refractivity contribution in [3.8, 4) is 6.07 Å². The van der Waals surface area contributed by atoms with Gasteiger partial charge in [-0.3, -0.25) is 0 Å². The molecule has 1 saturated carbocycles. The SMILES string of the molecule is CCn1cc([C@H]2CC[C@@H](N(C)C)C2)c2cc(C#N)ccc21. The molecule has 1 aromatic carbocycles. The summed E-state index contributed by atoms with van der Waals surface area (Å²) >= 11 is 0. The molecular weight excluding hydrogens is 258 g/mol. The van der Waals surface area contributed by atoms with Gasteiger partial charge in [-0.2, -0.15) is 5.26 Å². The molecule has 0 aliphatic heterocycles. The lowest BCUT2D eigenvalue weighted by Crippen LogP contribution is -2.24. The van der Waals surface area contributed by atoms with Crippen molar-refractivity contribution in [3.63, 3.8) is 0 Å². The normalized spacial score (nSPS) is 22.0. The standard InChI is InChI=1S/C18H23N3/c1-4-21-12-17(14-6-7-15(10-14)20(2)3)16-9-13(11-19)5-8-18(16)21/h5,8-9,12,14-15H,4,6-7,10H2,1-3H3/t14-,15+/m0/s1. The van der Waals surface area contributed by atoms with Gasteiger partial charge in [-0.05, 0) is 70.0 Å². The largest absolute Gasteiger partial charge is 0.347 e. The number of aromatic nitrogens is 1. The fourth-order valence-corrected chi connectivity index (χ4v) is 3.69. The van der Waals surface area contributed by atoms with E-state index in [1.54, 1.807) is 0 Å². The highest BCUT2D eigenvalue weighted by molar-refractivity contribution is 5.86. The number of benzene rings is 1. The Morgan fingerprint density at radius 1 is 1.33 bits per heavy atom. The van der Waals surface area contributed by atoms with Crippen molar-refractivity contribution >= 4 is 10.9 Å². The molecular formula is C18H23N3. The monoisotopic (exact) mass is 281 g/mol. The van der Waals surface area contributed by atoms with Crippen molar-refractivity contribution in [2.75, 3.05) is 14.1 Å². The zero-order valence-corrected chi connectivity index (χ0v) is 13.1. The fraction of sp³-hybridized carbons (Fsp3) is 0.500. The van der Waals surface area contributed by atoms with Crippen LogP contribution in [0, 0.1) is 11.3 Å². The number of hydrogen-bond donors (Lipinski definition) is 0. The highest BCUT2D eigenvalue weighted by atomic mass is 15.1. The number of rotatable bonds is 3. The van der Waals surface area contributed by atoms with E-state index in [-0.39, 0.29) is 0 Å². The predicted octanol–water partition coefficient (Wildman–Crippen LogP) is 3.73. The molecule has 1 aliphatic carbocycles. The van der Waals surface area contributed by atoms with E-state index in [4.69, 9.17) is 5.26 Å². The zero-order valence-electron chi connectivity index (χ0n) is 13.1. The van der Waals surface area contributed by atoms with E-state index in [1.807, 2.05) is 6.07 Å². The number of nitriles is 1. The first kappa shape index (κ1) is 14.2. The summed E-state index contributed by atoms with van der Waals surface area (Å²) in [6, 6.07) is 9.05. The molecule has 1 fully saturated rings. The van der Waals surface area contributed by atoms with Crippen LogP contribution in [0.3, 0.4) is 0 Å². The van der Waals surface area contributed by atoms with Crippen LogP contribution < -0.4 is 0 Å². The maximum atomic E-state index is 9.17. The third-order valence-electron chi connectivity index (χ3n) is 4.96. The summed E-state index contributed by atoms with van der Waals surface area (Å²) in [6.45, 7) is 3.16. The van der Waals surface area contributed by atoms with E-state index >= 15 is 0 Å². The molecule has 110 valence electrons. The molecule has 2 atom stereocenters. The Morgan fingerprint density at radius 3 is 2.76 bits per heavy atom. The maximum Gasteiger partial charge on any atom is 0.0991 e. The zero-order chi connectivity index (χ0) is 15.0.